The largest absolute Gasteiger partial charge is 0.462 e. The molecule has 5 unspecified atom stereocenters. The fourth-order valence-corrected chi connectivity index (χ4v) is 6.89. The highest BCUT2D eigenvalue weighted by atomic mass is 32.2. The number of benzene rings is 1. The van der Waals surface area contributed by atoms with Crippen LogP contribution in [0.3, 0.4) is 0 Å². The molecule has 0 aromatic heterocycles. The van der Waals surface area contributed by atoms with E-state index in [1.807, 2.05) is 0 Å². The van der Waals surface area contributed by atoms with Gasteiger partial charge in [0, 0.05) is 37.9 Å². The van der Waals surface area contributed by atoms with Crippen molar-refractivity contribution in [1.29, 1.82) is 0 Å². The zero-order valence-electron chi connectivity index (χ0n) is 27.5. The lowest BCUT2D eigenvalue weighted by molar-refractivity contribution is -0.384. The van der Waals surface area contributed by atoms with E-state index in [2.05, 4.69) is 5.32 Å². The predicted molar refractivity (Wildman–Crippen MR) is 174 cm³/mol. The monoisotopic (exact) mass is 730 g/mol. The first kappa shape index (κ1) is 39.9. The number of hydrogen-bond donors (Lipinski definition) is 7. The Balaban J connectivity index is 1.11. The normalized spacial score (nSPS) is 28.4. The maximum atomic E-state index is 12.1. The number of aliphatic hydroxyl groups excluding tert-OH is 6. The molecule has 4 rings (SSSR count). The zero-order valence-corrected chi connectivity index (χ0v) is 28.3. The van der Waals surface area contributed by atoms with Crippen molar-refractivity contribution in [2.24, 2.45) is 0 Å². The number of non-ortho nitro benzene ring substituents is 1. The molecule has 1 aromatic carbocycles. The third-order valence-electron chi connectivity index (χ3n) is 8.44. The van der Waals surface area contributed by atoms with Gasteiger partial charge in [0.15, 0.2) is 6.29 Å². The number of ether oxygens (including phenoxy) is 5. The van der Waals surface area contributed by atoms with E-state index >= 15 is 0 Å². The molecule has 3 aliphatic heterocycles. The molecule has 8 atom stereocenters. The van der Waals surface area contributed by atoms with Crippen LogP contribution in [-0.4, -0.2) is 128 Å². The van der Waals surface area contributed by atoms with Crippen molar-refractivity contribution >= 4 is 29.3 Å². The SMILES string of the molecule is O=C(CCCCC(=O)Oc1ccc([N+](=O)[O-])cc1)NCCCCCCOC1OC(CO)C(O)C2=C1SC[C@]1(CC(O)C(O)[C@@H]([C@H](O)CO)O1)O2. The summed E-state index contributed by atoms with van der Waals surface area (Å²) in [7, 11) is 0. The van der Waals surface area contributed by atoms with Crippen molar-refractivity contribution in [2.75, 3.05) is 32.1 Å². The number of aliphatic hydroxyl groups is 6. The van der Waals surface area contributed by atoms with Gasteiger partial charge in [-0.15, -0.1) is 11.8 Å². The van der Waals surface area contributed by atoms with Gasteiger partial charge in [0.2, 0.25) is 11.7 Å². The van der Waals surface area contributed by atoms with Gasteiger partial charge in [0.1, 0.15) is 42.0 Å². The Morgan fingerprint density at radius 3 is 2.48 bits per heavy atom. The van der Waals surface area contributed by atoms with Crippen LogP contribution in [0.5, 0.6) is 5.75 Å². The van der Waals surface area contributed by atoms with Crippen LogP contribution in [0.4, 0.5) is 5.69 Å². The molecule has 50 heavy (non-hydrogen) atoms. The molecule has 280 valence electrons. The Morgan fingerprint density at radius 2 is 1.78 bits per heavy atom. The minimum absolute atomic E-state index is 0.0512. The van der Waals surface area contributed by atoms with Crippen LogP contribution in [0.2, 0.25) is 0 Å². The molecule has 0 saturated carbocycles. The molecular formula is C32H46N2O15S. The molecule has 7 N–H and O–H groups in total. The Bertz CT molecular complexity index is 1320. The second kappa shape index (κ2) is 19.1. The van der Waals surface area contributed by atoms with Gasteiger partial charge in [-0.2, -0.15) is 0 Å². The molecule has 1 aromatic rings. The molecule has 0 radical (unpaired) electrons. The average molecular weight is 731 g/mol. The fourth-order valence-electron chi connectivity index (χ4n) is 5.70. The molecule has 1 saturated heterocycles. The number of nitro groups is 1. The number of nitrogens with zero attached hydrogens (tertiary/aromatic N) is 1. The number of rotatable bonds is 18. The summed E-state index contributed by atoms with van der Waals surface area (Å²) in [6.07, 6.45) is -4.75. The van der Waals surface area contributed by atoms with E-state index in [1.54, 1.807) is 0 Å². The Labute approximate surface area is 292 Å². The molecule has 1 spiro atoms. The predicted octanol–water partition coefficient (Wildman–Crippen LogP) is 0.367. The Morgan fingerprint density at radius 1 is 1.06 bits per heavy atom. The summed E-state index contributed by atoms with van der Waals surface area (Å²) in [5.74, 6) is -1.74. The van der Waals surface area contributed by atoms with Crippen LogP contribution >= 0.6 is 11.8 Å². The van der Waals surface area contributed by atoms with Gasteiger partial charge in [-0.1, -0.05) is 12.8 Å². The van der Waals surface area contributed by atoms with Crippen LogP contribution in [0, 0.1) is 10.1 Å². The van der Waals surface area contributed by atoms with E-state index in [-0.39, 0.29) is 48.1 Å². The van der Waals surface area contributed by atoms with E-state index < -0.39 is 72.8 Å². The maximum absolute atomic E-state index is 12.1. The number of hydrogen-bond acceptors (Lipinski definition) is 16. The third kappa shape index (κ3) is 10.8. The van der Waals surface area contributed by atoms with Gasteiger partial charge in [-0.3, -0.25) is 19.7 Å². The minimum atomic E-state index is -1.52. The zero-order chi connectivity index (χ0) is 36.3. The van der Waals surface area contributed by atoms with Gasteiger partial charge in [-0.25, -0.2) is 0 Å². The lowest BCUT2D eigenvalue weighted by atomic mass is 9.93. The summed E-state index contributed by atoms with van der Waals surface area (Å²) in [5, 5.41) is 74.5. The third-order valence-corrected chi connectivity index (χ3v) is 9.73. The molecule has 3 aliphatic rings. The summed E-state index contributed by atoms with van der Waals surface area (Å²) in [5.41, 5.74) is -0.101. The smallest absolute Gasteiger partial charge is 0.311 e. The molecule has 0 bridgehead atoms. The maximum Gasteiger partial charge on any atom is 0.311 e. The first-order valence-electron chi connectivity index (χ1n) is 16.6. The Kier molecular flexibility index (Phi) is 15.2. The number of carbonyl (C=O) groups excluding carboxylic acids is 2. The summed E-state index contributed by atoms with van der Waals surface area (Å²) < 4.78 is 28.8. The van der Waals surface area contributed by atoms with Crippen LogP contribution in [-0.2, 0) is 28.5 Å². The van der Waals surface area contributed by atoms with Gasteiger partial charge < -0.3 is 59.6 Å². The molecule has 3 heterocycles. The van der Waals surface area contributed by atoms with Crippen molar-refractivity contribution in [3.8, 4) is 5.75 Å². The van der Waals surface area contributed by atoms with Crippen molar-refractivity contribution in [1.82, 2.24) is 5.32 Å². The summed E-state index contributed by atoms with van der Waals surface area (Å²) in [6.45, 7) is -0.445. The lowest BCUT2D eigenvalue weighted by Gasteiger charge is -2.50. The van der Waals surface area contributed by atoms with Crippen molar-refractivity contribution in [3.05, 3.63) is 45.0 Å². The molecular weight excluding hydrogens is 684 g/mol. The molecule has 0 aliphatic carbocycles. The first-order chi connectivity index (χ1) is 24.0. The van der Waals surface area contributed by atoms with Crippen molar-refractivity contribution in [3.63, 3.8) is 0 Å². The van der Waals surface area contributed by atoms with Crippen LogP contribution in [0.15, 0.2) is 34.9 Å². The van der Waals surface area contributed by atoms with Gasteiger partial charge >= 0.3 is 5.97 Å². The number of thioether (sulfide) groups is 1. The van der Waals surface area contributed by atoms with Gasteiger partial charge in [0.05, 0.1) is 41.5 Å². The highest BCUT2D eigenvalue weighted by molar-refractivity contribution is 8.03. The number of amides is 1. The molecule has 18 heteroatoms. The van der Waals surface area contributed by atoms with Gasteiger partial charge in [0.25, 0.3) is 5.69 Å². The number of esters is 1. The van der Waals surface area contributed by atoms with Crippen molar-refractivity contribution in [2.45, 2.75) is 106 Å². The number of nitrogens with one attached hydrogen (secondary N) is 1. The highest BCUT2D eigenvalue weighted by Crippen LogP contribution is 2.47. The van der Waals surface area contributed by atoms with Crippen LogP contribution in [0.25, 0.3) is 0 Å². The number of nitro benzene ring substituents is 1. The van der Waals surface area contributed by atoms with E-state index in [4.69, 9.17) is 23.7 Å². The topological polar surface area (TPSA) is 257 Å². The van der Waals surface area contributed by atoms with E-state index in [0.29, 0.717) is 37.3 Å². The molecule has 1 amide bonds. The minimum Gasteiger partial charge on any atom is -0.462 e. The van der Waals surface area contributed by atoms with Crippen LogP contribution in [0.1, 0.15) is 57.8 Å². The highest BCUT2D eigenvalue weighted by Gasteiger charge is 2.55. The number of unbranched alkanes of at least 4 members (excludes halogenated alkanes) is 4. The van der Waals surface area contributed by atoms with E-state index in [1.165, 1.54) is 36.0 Å². The lowest BCUT2D eigenvalue weighted by Crippen LogP contribution is -2.62. The van der Waals surface area contributed by atoms with E-state index in [0.717, 1.165) is 19.3 Å². The van der Waals surface area contributed by atoms with Crippen molar-refractivity contribution < 1.29 is 68.8 Å². The quantitative estimate of drug-likeness (QED) is 0.0354. The summed E-state index contributed by atoms with van der Waals surface area (Å²) in [6, 6.07) is 5.21. The van der Waals surface area contributed by atoms with Crippen LogP contribution < -0.4 is 10.1 Å². The first-order valence-corrected chi connectivity index (χ1v) is 17.6. The average Bonchev–Trinajstić information content (AvgIpc) is 3.10. The standard InChI is InChI=1S/C32H46N2O15S/c35-16-22(38)28-26(41)21(37)15-32(48-28)18-50-30-29(49-32)27(42)23(17-36)47-31(30)45-14-6-2-1-5-13-33-24(39)7-3-4-8-25(40)46-20-11-9-19(10-12-20)34(43)44/h9-12,21-23,26-28,31,35-38,41-42H,1-8,13-18H2,(H,33,39)/t21?,22-,23?,26?,27?,28-,31?,32+/m1/s1. The Hall–Kier alpha value is -2.91. The summed E-state index contributed by atoms with van der Waals surface area (Å²) >= 11 is 1.21. The number of carbonyl (C=O) groups is 2. The second-order valence-corrected chi connectivity index (χ2v) is 13.3. The van der Waals surface area contributed by atoms with E-state index in [9.17, 15) is 50.3 Å². The van der Waals surface area contributed by atoms with Gasteiger partial charge in [-0.05, 0) is 37.8 Å². The summed E-state index contributed by atoms with van der Waals surface area (Å²) in [4.78, 5) is 34.7. The molecule has 1 fully saturated rings. The molecule has 17 nitrogen and oxygen atoms in total. The second-order valence-electron chi connectivity index (χ2n) is 12.3. The fraction of sp³-hybridized carbons (Fsp3) is 0.688.